The maximum Gasteiger partial charge on any atom is 0.270 e. The lowest BCUT2D eigenvalue weighted by molar-refractivity contribution is -0.122. The number of amides is 2. The van der Waals surface area contributed by atoms with Crippen LogP contribution in [0.3, 0.4) is 0 Å². The van der Waals surface area contributed by atoms with Gasteiger partial charge in [-0.1, -0.05) is 11.6 Å². The van der Waals surface area contributed by atoms with Gasteiger partial charge in [0.15, 0.2) is 11.0 Å². The average molecular weight is 418 g/mol. The molecule has 3 heterocycles. The Morgan fingerprint density at radius 2 is 1.79 bits per heavy atom. The summed E-state index contributed by atoms with van der Waals surface area (Å²) in [5.41, 5.74) is 0.449. The van der Waals surface area contributed by atoms with Gasteiger partial charge in [0.1, 0.15) is 11.3 Å². The smallest absolute Gasteiger partial charge is 0.270 e. The Kier molecular flexibility index (Phi) is 5.17. The molecule has 2 aliphatic heterocycles. The lowest BCUT2D eigenvalue weighted by Crippen LogP contribution is -2.54. The molecule has 0 aliphatic carbocycles. The first kappa shape index (κ1) is 18.7. The number of carbonyl (C=O) groups excluding carboxylic acids is 2. The summed E-state index contributed by atoms with van der Waals surface area (Å²) >= 11 is 11.1. The average Bonchev–Trinajstić information content (AvgIpc) is 3.16. The van der Waals surface area contributed by atoms with Crippen LogP contribution in [-0.4, -0.2) is 43.2 Å². The van der Waals surface area contributed by atoms with Crippen molar-refractivity contribution in [2.75, 3.05) is 36.1 Å². The van der Waals surface area contributed by atoms with Crippen LogP contribution in [0.2, 0.25) is 5.02 Å². The van der Waals surface area contributed by atoms with Crippen molar-refractivity contribution in [1.29, 1.82) is 0 Å². The molecule has 2 aliphatic rings. The van der Waals surface area contributed by atoms with E-state index in [9.17, 15) is 9.59 Å². The Hall–Kier alpha value is -2.68. The molecule has 9 heteroatoms. The highest BCUT2D eigenvalue weighted by Crippen LogP contribution is 2.25. The van der Waals surface area contributed by atoms with Gasteiger partial charge in [0, 0.05) is 24.2 Å². The Bertz CT molecular complexity index is 964. The molecule has 2 fully saturated rings. The number of nitrogens with one attached hydrogen (secondary N) is 1. The van der Waals surface area contributed by atoms with Crippen LogP contribution in [0.25, 0.3) is 6.08 Å². The van der Waals surface area contributed by atoms with Gasteiger partial charge >= 0.3 is 0 Å². The molecule has 1 N–H and O–H groups in total. The SMILES string of the molecule is O=C1NC(=S)N(c2ccc(Cl)cc2)C(=O)C1=Cc1ccc(N2CCOCC2)o1. The molecule has 0 atom stereocenters. The van der Waals surface area contributed by atoms with Crippen molar-refractivity contribution in [3.8, 4) is 0 Å². The molecule has 28 heavy (non-hydrogen) atoms. The summed E-state index contributed by atoms with van der Waals surface area (Å²) in [4.78, 5) is 28.6. The van der Waals surface area contributed by atoms with E-state index in [0.29, 0.717) is 35.6 Å². The minimum atomic E-state index is -0.565. The van der Waals surface area contributed by atoms with Crippen molar-refractivity contribution in [3.63, 3.8) is 0 Å². The Morgan fingerprint density at radius 3 is 2.50 bits per heavy atom. The van der Waals surface area contributed by atoms with E-state index in [-0.39, 0.29) is 10.7 Å². The minimum absolute atomic E-state index is 0.0166. The van der Waals surface area contributed by atoms with Crippen LogP contribution in [0.15, 0.2) is 46.4 Å². The number of halogens is 1. The number of rotatable bonds is 3. The van der Waals surface area contributed by atoms with Gasteiger partial charge in [0.2, 0.25) is 0 Å². The second-order valence-electron chi connectivity index (χ2n) is 6.21. The Balaban J connectivity index is 1.61. The van der Waals surface area contributed by atoms with E-state index < -0.39 is 11.8 Å². The van der Waals surface area contributed by atoms with Crippen LogP contribution < -0.4 is 15.1 Å². The molecule has 0 saturated carbocycles. The number of benzene rings is 1. The van der Waals surface area contributed by atoms with E-state index in [4.69, 9.17) is 33.0 Å². The lowest BCUT2D eigenvalue weighted by Gasteiger charge is -2.28. The van der Waals surface area contributed by atoms with E-state index in [0.717, 1.165) is 13.1 Å². The zero-order chi connectivity index (χ0) is 19.7. The monoisotopic (exact) mass is 417 g/mol. The van der Waals surface area contributed by atoms with Gasteiger partial charge in [-0.05, 0) is 48.6 Å². The number of ether oxygens (including phenoxy) is 1. The van der Waals surface area contributed by atoms with Crippen molar-refractivity contribution >= 4 is 58.4 Å². The third-order valence-corrected chi connectivity index (χ3v) is 4.95. The minimum Gasteiger partial charge on any atom is -0.441 e. The summed E-state index contributed by atoms with van der Waals surface area (Å²) in [5, 5.41) is 3.09. The van der Waals surface area contributed by atoms with Crippen LogP contribution in [0.4, 0.5) is 11.6 Å². The molecule has 2 saturated heterocycles. The summed E-state index contributed by atoms with van der Waals surface area (Å²) in [6, 6.07) is 10.1. The first-order chi connectivity index (χ1) is 13.5. The first-order valence-corrected chi connectivity index (χ1v) is 9.41. The highest BCUT2D eigenvalue weighted by Gasteiger charge is 2.34. The zero-order valence-electron chi connectivity index (χ0n) is 14.7. The number of anilines is 2. The molecule has 2 amide bonds. The predicted molar refractivity (Wildman–Crippen MR) is 109 cm³/mol. The summed E-state index contributed by atoms with van der Waals surface area (Å²) in [6.07, 6.45) is 1.42. The molecule has 0 radical (unpaired) electrons. The van der Waals surface area contributed by atoms with Gasteiger partial charge in [-0.25, -0.2) is 0 Å². The number of furan rings is 1. The number of thiocarbonyl (C=S) groups is 1. The summed E-state index contributed by atoms with van der Waals surface area (Å²) in [6.45, 7) is 2.71. The molecular formula is C19H16ClN3O4S. The Morgan fingerprint density at radius 1 is 1.07 bits per heavy atom. The highest BCUT2D eigenvalue weighted by molar-refractivity contribution is 7.80. The normalized spacial score (nSPS) is 19.3. The number of hydrogen-bond donors (Lipinski definition) is 1. The summed E-state index contributed by atoms with van der Waals surface area (Å²) in [5.74, 6) is -0.0160. The number of carbonyl (C=O) groups is 2. The molecule has 0 bridgehead atoms. The van der Waals surface area contributed by atoms with E-state index in [2.05, 4.69) is 5.32 Å². The summed E-state index contributed by atoms with van der Waals surface area (Å²) in [7, 11) is 0. The van der Waals surface area contributed by atoms with E-state index in [1.54, 1.807) is 30.3 Å². The molecule has 0 spiro atoms. The molecule has 4 rings (SSSR count). The van der Waals surface area contributed by atoms with Crippen LogP contribution >= 0.6 is 23.8 Å². The molecular weight excluding hydrogens is 402 g/mol. The zero-order valence-corrected chi connectivity index (χ0v) is 16.3. The molecule has 1 aromatic heterocycles. The van der Waals surface area contributed by atoms with Crippen molar-refractivity contribution in [2.45, 2.75) is 0 Å². The fraction of sp³-hybridized carbons (Fsp3) is 0.211. The molecule has 1 aromatic carbocycles. The van der Waals surface area contributed by atoms with Gasteiger partial charge in [-0.15, -0.1) is 0 Å². The fourth-order valence-electron chi connectivity index (χ4n) is 3.00. The lowest BCUT2D eigenvalue weighted by atomic mass is 10.1. The van der Waals surface area contributed by atoms with Gasteiger partial charge in [0.25, 0.3) is 11.8 Å². The molecule has 7 nitrogen and oxygen atoms in total. The van der Waals surface area contributed by atoms with E-state index in [1.807, 2.05) is 11.0 Å². The third kappa shape index (κ3) is 3.66. The molecule has 0 unspecified atom stereocenters. The largest absolute Gasteiger partial charge is 0.441 e. The van der Waals surface area contributed by atoms with Gasteiger partial charge in [-0.2, -0.15) is 0 Å². The van der Waals surface area contributed by atoms with Gasteiger partial charge < -0.3 is 14.1 Å². The van der Waals surface area contributed by atoms with Crippen molar-refractivity contribution in [1.82, 2.24) is 5.32 Å². The quantitative estimate of drug-likeness (QED) is 0.470. The molecule has 2 aromatic rings. The predicted octanol–water partition coefficient (Wildman–Crippen LogP) is 2.60. The van der Waals surface area contributed by atoms with Crippen molar-refractivity contribution in [3.05, 3.63) is 52.8 Å². The van der Waals surface area contributed by atoms with Gasteiger partial charge in [-0.3, -0.25) is 19.8 Å². The van der Waals surface area contributed by atoms with Crippen LogP contribution in [0.1, 0.15) is 5.76 Å². The number of hydrogen-bond acceptors (Lipinski definition) is 6. The topological polar surface area (TPSA) is 75.0 Å². The van der Waals surface area contributed by atoms with Crippen molar-refractivity contribution in [2.24, 2.45) is 0 Å². The summed E-state index contributed by atoms with van der Waals surface area (Å²) < 4.78 is 11.1. The maximum atomic E-state index is 13.0. The van der Waals surface area contributed by atoms with Crippen LogP contribution in [-0.2, 0) is 14.3 Å². The standard InChI is InChI=1S/C19H16ClN3O4S/c20-12-1-3-13(4-2-12)23-18(25)15(17(24)21-19(23)28)11-14-5-6-16(27-14)22-7-9-26-10-8-22/h1-6,11H,7-10H2,(H,21,24,28). The van der Waals surface area contributed by atoms with E-state index in [1.165, 1.54) is 11.0 Å². The maximum absolute atomic E-state index is 13.0. The molecule has 144 valence electrons. The highest BCUT2D eigenvalue weighted by atomic mass is 35.5. The first-order valence-electron chi connectivity index (χ1n) is 8.62. The van der Waals surface area contributed by atoms with Crippen molar-refractivity contribution < 1.29 is 18.7 Å². The number of nitrogens with zero attached hydrogens (tertiary/aromatic N) is 2. The Labute approximate surface area is 171 Å². The van der Waals surface area contributed by atoms with Crippen LogP contribution in [0.5, 0.6) is 0 Å². The van der Waals surface area contributed by atoms with Gasteiger partial charge in [0.05, 0.1) is 18.9 Å². The van der Waals surface area contributed by atoms with Crippen LogP contribution in [0, 0.1) is 0 Å². The third-order valence-electron chi connectivity index (χ3n) is 4.41. The number of morpholine rings is 1. The van der Waals surface area contributed by atoms with E-state index >= 15 is 0 Å². The fourth-order valence-corrected chi connectivity index (χ4v) is 3.40. The second kappa shape index (κ2) is 7.75. The second-order valence-corrected chi connectivity index (χ2v) is 7.03.